The molecule has 1 amide bonds. The van der Waals surface area contributed by atoms with Crippen molar-refractivity contribution in [3.05, 3.63) is 103 Å². The van der Waals surface area contributed by atoms with E-state index in [4.69, 9.17) is 11.5 Å². The van der Waals surface area contributed by atoms with E-state index in [9.17, 15) is 22.8 Å². The van der Waals surface area contributed by atoms with E-state index in [2.05, 4.69) is 18.1 Å². The van der Waals surface area contributed by atoms with Crippen molar-refractivity contribution >= 4 is 28.3 Å². The van der Waals surface area contributed by atoms with Crippen LogP contribution in [-0.2, 0) is 17.1 Å². The molecule has 0 aliphatic carbocycles. The topological polar surface area (TPSA) is 102 Å². The molecule has 5 nitrogen and oxygen atoms in total. The number of ketones is 1. The predicted molar refractivity (Wildman–Crippen MR) is 166 cm³/mol. The number of halogens is 3. The van der Waals surface area contributed by atoms with Gasteiger partial charge in [-0.2, -0.15) is 0 Å². The number of alkyl halides is 2. The Kier molecular flexibility index (Phi) is 16.2. The van der Waals surface area contributed by atoms with Gasteiger partial charge in [0.25, 0.3) is 11.8 Å². The van der Waals surface area contributed by atoms with Gasteiger partial charge in [-0.05, 0) is 35.4 Å². The summed E-state index contributed by atoms with van der Waals surface area (Å²) in [6, 6.07) is 17.2. The molecule has 0 radical (unpaired) electrons. The summed E-state index contributed by atoms with van der Waals surface area (Å²) < 4.78 is 37.2. The number of nitrogens with one attached hydrogen (secondary N) is 1. The lowest BCUT2D eigenvalue weighted by Crippen LogP contribution is -2.12. The van der Waals surface area contributed by atoms with Gasteiger partial charge in [0.2, 0.25) is 0 Å². The van der Waals surface area contributed by atoms with Crippen molar-refractivity contribution < 1.29 is 22.8 Å². The van der Waals surface area contributed by atoms with Gasteiger partial charge in [0.15, 0.2) is 0 Å². The van der Waals surface area contributed by atoms with Crippen molar-refractivity contribution in [1.82, 2.24) is 4.98 Å². The number of rotatable bonds is 6. The lowest BCUT2D eigenvalue weighted by molar-refractivity contribution is -0.118. The normalized spacial score (nSPS) is 9.88. The summed E-state index contributed by atoms with van der Waals surface area (Å²) in [7, 11) is 0. The molecule has 0 bridgehead atoms. The Balaban J connectivity index is 0.000000789. The van der Waals surface area contributed by atoms with Crippen LogP contribution in [0.1, 0.15) is 69.6 Å². The molecular weight excluding hydrogens is 527 g/mol. The Labute approximate surface area is 241 Å². The van der Waals surface area contributed by atoms with Crippen molar-refractivity contribution in [2.75, 3.05) is 5.73 Å². The molecule has 222 valence electrons. The molecule has 0 spiro atoms. The maximum absolute atomic E-state index is 12.5. The average Bonchev–Trinajstić information content (AvgIpc) is 3.38. The number of nitrogens with two attached hydrogens (primary N) is 2. The minimum atomic E-state index is -2.88. The fourth-order valence-corrected chi connectivity index (χ4v) is 3.64. The number of Topliss-reactive ketones (excluding diaryl/α,β-unsaturated/α-hetero) is 1. The third-order valence-electron chi connectivity index (χ3n) is 5.50. The number of aromatic nitrogens is 1. The number of amides is 1. The van der Waals surface area contributed by atoms with Crippen molar-refractivity contribution in [1.29, 1.82) is 0 Å². The van der Waals surface area contributed by atoms with Crippen LogP contribution in [0.2, 0.25) is 0 Å². The van der Waals surface area contributed by atoms with Crippen LogP contribution in [0, 0.1) is 5.82 Å². The molecule has 1 heterocycles. The van der Waals surface area contributed by atoms with Crippen LogP contribution >= 0.6 is 0 Å². The van der Waals surface area contributed by atoms with Crippen molar-refractivity contribution in [2.45, 2.75) is 60.3 Å². The molecule has 4 rings (SSSR count). The molecule has 8 heteroatoms. The predicted octanol–water partition coefficient (Wildman–Crippen LogP) is 8.83. The zero-order valence-corrected chi connectivity index (χ0v) is 24.8. The van der Waals surface area contributed by atoms with E-state index in [0.29, 0.717) is 24.2 Å². The minimum absolute atomic E-state index is 0.145. The molecule has 0 saturated heterocycles. The monoisotopic (exact) mass is 569 g/mol. The largest absolute Gasteiger partial charge is 0.399 e. The summed E-state index contributed by atoms with van der Waals surface area (Å²) in [5, 5.41) is 0.870. The van der Waals surface area contributed by atoms with E-state index in [-0.39, 0.29) is 11.3 Å². The maximum atomic E-state index is 12.5. The molecule has 3 aromatic carbocycles. The summed E-state index contributed by atoms with van der Waals surface area (Å²) in [4.78, 5) is 26.9. The molecule has 0 aliphatic heterocycles. The standard InChI is InChI=1S/C19H19N3O2.C8H7F3.2C2H6.C2H4/c1-2-14(23)10-12-4-3-5-15-16(11-6-8-13(20)9-7-11)18(19(21)24)22-17(12)15;1-8(10,11)6-2-4-7(9)5-3-6;3*1-2/h3-9,22H,2,10,20H2,1H3,(H2,21,24);2-5H,1H3;2*1-2H3;1-2H2. The molecular formula is C33H42F3N3O2. The van der Waals surface area contributed by atoms with Gasteiger partial charge in [-0.25, -0.2) is 13.2 Å². The third-order valence-corrected chi connectivity index (χ3v) is 5.50. The fraction of sp³-hybridized carbons (Fsp3) is 0.273. The first-order chi connectivity index (χ1) is 19.5. The second-order valence-electron chi connectivity index (χ2n) is 8.17. The number of carbonyl (C=O) groups is 2. The Bertz CT molecular complexity index is 1360. The van der Waals surface area contributed by atoms with Crippen LogP contribution in [0.25, 0.3) is 22.0 Å². The molecule has 5 N–H and O–H groups in total. The van der Waals surface area contributed by atoms with E-state index in [1.165, 1.54) is 0 Å². The Morgan fingerprint density at radius 2 is 1.44 bits per heavy atom. The van der Waals surface area contributed by atoms with E-state index >= 15 is 0 Å². The zero-order chi connectivity index (χ0) is 31.8. The number of primary amides is 1. The molecule has 41 heavy (non-hydrogen) atoms. The molecule has 1 aromatic heterocycles. The number of hydrogen-bond donors (Lipinski definition) is 3. The number of benzene rings is 3. The Hall–Kier alpha value is -4.33. The van der Waals surface area contributed by atoms with Crippen molar-refractivity contribution in [2.24, 2.45) is 5.73 Å². The average molecular weight is 570 g/mol. The first kappa shape index (κ1) is 36.7. The van der Waals surface area contributed by atoms with Crippen molar-refractivity contribution in [3.8, 4) is 11.1 Å². The number of nitrogen functional groups attached to an aromatic ring is 1. The third kappa shape index (κ3) is 10.6. The highest BCUT2D eigenvalue weighted by Crippen LogP contribution is 2.34. The Morgan fingerprint density at radius 3 is 1.90 bits per heavy atom. The van der Waals surface area contributed by atoms with Gasteiger partial charge in [0.1, 0.15) is 17.3 Å². The Morgan fingerprint density at radius 1 is 0.902 bits per heavy atom. The van der Waals surface area contributed by atoms with Gasteiger partial charge < -0.3 is 16.5 Å². The van der Waals surface area contributed by atoms with Gasteiger partial charge in [0.05, 0.1) is 5.52 Å². The fourth-order valence-electron chi connectivity index (χ4n) is 3.64. The number of H-pyrrole nitrogens is 1. The first-order valence-electron chi connectivity index (χ1n) is 13.5. The second kappa shape index (κ2) is 18.1. The second-order valence-corrected chi connectivity index (χ2v) is 8.17. The van der Waals surface area contributed by atoms with Crippen LogP contribution < -0.4 is 11.5 Å². The van der Waals surface area contributed by atoms with Crippen LogP contribution in [0.5, 0.6) is 0 Å². The number of aromatic amines is 1. The highest BCUT2D eigenvalue weighted by atomic mass is 19.3. The highest BCUT2D eigenvalue weighted by molar-refractivity contribution is 6.10. The minimum Gasteiger partial charge on any atom is -0.399 e. The number of carbonyl (C=O) groups excluding carboxylic acids is 2. The number of anilines is 1. The van der Waals surface area contributed by atoms with Gasteiger partial charge in [-0.3, -0.25) is 9.59 Å². The summed E-state index contributed by atoms with van der Waals surface area (Å²) in [6.07, 6.45) is 0.804. The number of fused-ring (bicyclic) bond motifs is 1. The molecule has 0 aliphatic rings. The van der Waals surface area contributed by atoms with Crippen LogP contribution in [-0.4, -0.2) is 16.7 Å². The quantitative estimate of drug-likeness (QED) is 0.160. The van der Waals surface area contributed by atoms with Crippen molar-refractivity contribution in [3.63, 3.8) is 0 Å². The summed E-state index contributed by atoms with van der Waals surface area (Å²) in [5.41, 5.74) is 15.4. The van der Waals surface area contributed by atoms with E-state index in [1.54, 1.807) is 12.1 Å². The highest BCUT2D eigenvalue weighted by Gasteiger charge is 2.23. The van der Waals surface area contributed by atoms with E-state index in [0.717, 1.165) is 58.8 Å². The van der Waals surface area contributed by atoms with Crippen LogP contribution in [0.4, 0.5) is 18.9 Å². The SMILES string of the molecule is C=C.CC.CC.CC(F)(F)c1ccc(F)cc1.CCC(=O)Cc1cccc2c(-c3ccc(N)cc3)c(C(N)=O)[nH]c12. The summed E-state index contributed by atoms with van der Waals surface area (Å²) >= 11 is 0. The molecule has 0 saturated carbocycles. The van der Waals surface area contributed by atoms with Gasteiger partial charge >= 0.3 is 0 Å². The molecule has 4 aromatic rings. The van der Waals surface area contributed by atoms with E-state index in [1.807, 2.05) is 65.0 Å². The van der Waals surface area contributed by atoms with Gasteiger partial charge in [-0.15, -0.1) is 13.2 Å². The van der Waals surface area contributed by atoms with Crippen LogP contribution in [0.3, 0.4) is 0 Å². The molecule has 0 atom stereocenters. The lowest BCUT2D eigenvalue weighted by atomic mass is 9.98. The first-order valence-corrected chi connectivity index (χ1v) is 13.5. The number of hydrogen-bond acceptors (Lipinski definition) is 3. The summed E-state index contributed by atoms with van der Waals surface area (Å²) in [6.45, 7) is 16.6. The molecule has 0 fully saturated rings. The van der Waals surface area contributed by atoms with Gasteiger partial charge in [0, 0.05) is 42.0 Å². The van der Waals surface area contributed by atoms with E-state index < -0.39 is 17.6 Å². The zero-order valence-electron chi connectivity index (χ0n) is 24.8. The van der Waals surface area contributed by atoms with Gasteiger partial charge in [-0.1, -0.05) is 77.1 Å². The lowest BCUT2D eigenvalue weighted by Gasteiger charge is -2.08. The van der Waals surface area contributed by atoms with Crippen LogP contribution in [0.15, 0.2) is 79.9 Å². The smallest absolute Gasteiger partial charge is 0.270 e. The summed E-state index contributed by atoms with van der Waals surface area (Å²) in [5.74, 6) is -3.77. The number of para-hydroxylation sites is 1. The molecule has 0 unspecified atom stereocenters. The maximum Gasteiger partial charge on any atom is 0.270 e.